The van der Waals surface area contributed by atoms with Crippen molar-refractivity contribution in [1.29, 1.82) is 0 Å². The van der Waals surface area contributed by atoms with Crippen LogP contribution in [0.2, 0.25) is 0 Å². The van der Waals surface area contributed by atoms with Crippen LogP contribution in [0.1, 0.15) is 39.5 Å². The summed E-state index contributed by atoms with van der Waals surface area (Å²) < 4.78 is 1.01. The third-order valence-corrected chi connectivity index (χ3v) is 3.11. The van der Waals surface area contributed by atoms with Gasteiger partial charge in [0, 0.05) is 0 Å². The second kappa shape index (κ2) is 13.1. The SMILES string of the molecule is C=CC[N+](CC#CCO)(CCCC)CCCC.[Br-]. The number of halogens is 1. The summed E-state index contributed by atoms with van der Waals surface area (Å²) in [4.78, 5) is 0. The Labute approximate surface area is 123 Å². The highest BCUT2D eigenvalue weighted by Gasteiger charge is 2.23. The van der Waals surface area contributed by atoms with Crippen molar-refractivity contribution < 1.29 is 26.6 Å². The Kier molecular flexibility index (Phi) is 14.6. The third kappa shape index (κ3) is 8.74. The molecule has 0 aliphatic rings. The van der Waals surface area contributed by atoms with Crippen LogP contribution in [0.4, 0.5) is 0 Å². The van der Waals surface area contributed by atoms with Crippen LogP contribution in [0.15, 0.2) is 12.7 Å². The minimum Gasteiger partial charge on any atom is -1.00 e. The molecule has 0 saturated carbocycles. The zero-order chi connectivity index (χ0) is 13.0. The number of hydrogen-bond donors (Lipinski definition) is 1. The lowest BCUT2D eigenvalue weighted by molar-refractivity contribution is -0.916. The number of hydrogen-bond acceptors (Lipinski definition) is 1. The lowest BCUT2D eigenvalue weighted by Crippen LogP contribution is -3.00. The molecule has 3 heteroatoms. The standard InChI is InChI=1S/C15H28NO.BrH/c1-4-7-12-16(11-6-3,13-8-5-2)14-9-10-15-17;/h6,17H,3-5,7-8,11-15H2,1-2H3;1H/q+1;/p-1. The summed E-state index contributed by atoms with van der Waals surface area (Å²) in [6.45, 7) is 12.5. The molecule has 0 aromatic heterocycles. The summed E-state index contributed by atoms with van der Waals surface area (Å²) in [5.41, 5.74) is 0. The highest BCUT2D eigenvalue weighted by Crippen LogP contribution is 2.12. The summed E-state index contributed by atoms with van der Waals surface area (Å²) in [6, 6.07) is 0. The molecule has 18 heavy (non-hydrogen) atoms. The molecule has 0 bridgehead atoms. The summed E-state index contributed by atoms with van der Waals surface area (Å²) >= 11 is 0. The van der Waals surface area contributed by atoms with E-state index in [1.807, 2.05) is 6.08 Å². The highest BCUT2D eigenvalue weighted by atomic mass is 79.9. The van der Waals surface area contributed by atoms with Crippen LogP contribution in [0.3, 0.4) is 0 Å². The fraction of sp³-hybridized carbons (Fsp3) is 0.733. The van der Waals surface area contributed by atoms with E-state index in [9.17, 15) is 0 Å². The quantitative estimate of drug-likeness (QED) is 0.348. The number of aliphatic hydroxyl groups excluding tert-OH is 1. The molecule has 0 amide bonds. The van der Waals surface area contributed by atoms with Crippen LogP contribution in [-0.2, 0) is 0 Å². The molecule has 106 valence electrons. The van der Waals surface area contributed by atoms with Gasteiger partial charge in [0.1, 0.15) is 13.2 Å². The third-order valence-electron chi connectivity index (χ3n) is 3.11. The van der Waals surface area contributed by atoms with Gasteiger partial charge in [-0.1, -0.05) is 39.2 Å². The van der Waals surface area contributed by atoms with Crippen LogP contribution in [-0.4, -0.2) is 42.4 Å². The van der Waals surface area contributed by atoms with E-state index in [-0.39, 0.29) is 23.6 Å². The molecular weight excluding hydrogens is 290 g/mol. The molecule has 0 fully saturated rings. The molecule has 0 atom stereocenters. The Balaban J connectivity index is 0. The van der Waals surface area contributed by atoms with Crippen LogP contribution in [0.25, 0.3) is 0 Å². The van der Waals surface area contributed by atoms with Gasteiger partial charge in [-0.3, -0.25) is 0 Å². The lowest BCUT2D eigenvalue weighted by atomic mass is 10.2. The summed E-state index contributed by atoms with van der Waals surface area (Å²) in [7, 11) is 0. The second-order valence-corrected chi connectivity index (χ2v) is 4.64. The molecule has 0 aliphatic heterocycles. The summed E-state index contributed by atoms with van der Waals surface area (Å²) in [5.74, 6) is 5.87. The van der Waals surface area contributed by atoms with Crippen molar-refractivity contribution in [2.45, 2.75) is 39.5 Å². The van der Waals surface area contributed by atoms with Gasteiger partial charge in [-0.2, -0.15) is 0 Å². The molecule has 0 aromatic carbocycles. The molecule has 0 spiro atoms. The molecule has 0 aromatic rings. The molecule has 2 nitrogen and oxygen atoms in total. The first kappa shape index (κ1) is 20.0. The Bertz CT molecular complexity index is 247. The minimum atomic E-state index is -0.0321. The van der Waals surface area contributed by atoms with Gasteiger partial charge in [0.25, 0.3) is 0 Å². The van der Waals surface area contributed by atoms with Crippen LogP contribution in [0.5, 0.6) is 0 Å². The molecular formula is C15H28BrNO. The Hall–Kier alpha value is -0.300. The van der Waals surface area contributed by atoms with E-state index in [0.29, 0.717) is 0 Å². The number of quaternary nitrogens is 1. The van der Waals surface area contributed by atoms with Gasteiger partial charge in [0.15, 0.2) is 0 Å². The van der Waals surface area contributed by atoms with E-state index in [1.54, 1.807) is 0 Å². The van der Waals surface area contributed by atoms with E-state index in [0.717, 1.165) is 17.6 Å². The highest BCUT2D eigenvalue weighted by molar-refractivity contribution is 4.99. The van der Waals surface area contributed by atoms with E-state index < -0.39 is 0 Å². The van der Waals surface area contributed by atoms with Crippen molar-refractivity contribution in [3.8, 4) is 11.8 Å². The van der Waals surface area contributed by atoms with Gasteiger partial charge in [0.2, 0.25) is 0 Å². The second-order valence-electron chi connectivity index (χ2n) is 4.64. The van der Waals surface area contributed by atoms with Gasteiger partial charge in [-0.25, -0.2) is 0 Å². The van der Waals surface area contributed by atoms with Crippen molar-refractivity contribution in [2.24, 2.45) is 0 Å². The fourth-order valence-corrected chi connectivity index (χ4v) is 2.06. The first-order chi connectivity index (χ1) is 8.24. The largest absolute Gasteiger partial charge is 1.00 e. The Morgan fingerprint density at radius 3 is 2.06 bits per heavy atom. The van der Waals surface area contributed by atoms with Gasteiger partial charge in [-0.15, -0.1) is 0 Å². The van der Waals surface area contributed by atoms with E-state index in [1.165, 1.54) is 38.8 Å². The maximum atomic E-state index is 8.74. The average molecular weight is 318 g/mol. The molecule has 0 saturated heterocycles. The smallest absolute Gasteiger partial charge is 0.141 e. The van der Waals surface area contributed by atoms with Crippen LogP contribution < -0.4 is 17.0 Å². The van der Waals surface area contributed by atoms with Gasteiger partial charge < -0.3 is 26.6 Å². The van der Waals surface area contributed by atoms with Crippen LogP contribution >= 0.6 is 0 Å². The lowest BCUT2D eigenvalue weighted by Gasteiger charge is -2.36. The Morgan fingerprint density at radius 1 is 1.11 bits per heavy atom. The van der Waals surface area contributed by atoms with Crippen molar-refractivity contribution in [3.05, 3.63) is 12.7 Å². The van der Waals surface area contributed by atoms with E-state index in [4.69, 9.17) is 5.11 Å². The van der Waals surface area contributed by atoms with Crippen molar-refractivity contribution in [1.82, 2.24) is 0 Å². The molecule has 0 heterocycles. The first-order valence-electron chi connectivity index (χ1n) is 6.77. The number of rotatable bonds is 9. The summed E-state index contributed by atoms with van der Waals surface area (Å²) in [6.07, 6.45) is 6.91. The van der Waals surface area contributed by atoms with Crippen molar-refractivity contribution >= 4 is 0 Å². The molecule has 0 unspecified atom stereocenters. The maximum absolute atomic E-state index is 8.74. The topological polar surface area (TPSA) is 20.2 Å². The van der Waals surface area contributed by atoms with Gasteiger partial charge >= 0.3 is 0 Å². The summed E-state index contributed by atoms with van der Waals surface area (Å²) in [5, 5.41) is 8.74. The monoisotopic (exact) mass is 317 g/mol. The Morgan fingerprint density at radius 2 is 1.67 bits per heavy atom. The maximum Gasteiger partial charge on any atom is 0.141 e. The average Bonchev–Trinajstić information content (AvgIpc) is 2.34. The molecule has 0 aliphatic carbocycles. The van der Waals surface area contributed by atoms with Crippen molar-refractivity contribution in [3.63, 3.8) is 0 Å². The van der Waals surface area contributed by atoms with Crippen LogP contribution in [0, 0.1) is 11.8 Å². The minimum absolute atomic E-state index is 0. The van der Waals surface area contributed by atoms with Crippen molar-refractivity contribution in [2.75, 3.05) is 32.8 Å². The van der Waals surface area contributed by atoms with Gasteiger partial charge in [-0.05, 0) is 24.8 Å². The predicted octanol–water partition coefficient (Wildman–Crippen LogP) is -0.411. The number of unbranched alkanes of at least 4 members (excludes halogenated alkanes) is 2. The van der Waals surface area contributed by atoms with E-state index >= 15 is 0 Å². The van der Waals surface area contributed by atoms with E-state index in [2.05, 4.69) is 32.3 Å². The molecule has 0 rings (SSSR count). The first-order valence-corrected chi connectivity index (χ1v) is 6.77. The molecule has 0 radical (unpaired) electrons. The number of aliphatic hydroxyl groups is 1. The zero-order valence-electron chi connectivity index (χ0n) is 11.9. The number of nitrogens with zero attached hydrogens (tertiary/aromatic N) is 1. The fourth-order valence-electron chi connectivity index (χ4n) is 2.06. The predicted molar refractivity (Wildman–Crippen MR) is 74.6 cm³/mol. The zero-order valence-corrected chi connectivity index (χ0v) is 13.5. The molecule has 1 N–H and O–H groups in total. The normalized spacial score (nSPS) is 10.2. The van der Waals surface area contributed by atoms with Gasteiger partial charge in [0.05, 0.1) is 19.6 Å².